The summed E-state index contributed by atoms with van der Waals surface area (Å²) >= 11 is 1.67. The Morgan fingerprint density at radius 2 is 1.81 bits per heavy atom. The minimum absolute atomic E-state index is 0.0543. The fraction of sp³-hybridized carbons (Fsp3) is 0.286. The second kappa shape index (κ2) is 7.88. The zero-order valence-corrected chi connectivity index (χ0v) is 16.2. The number of benzene rings is 2. The highest BCUT2D eigenvalue weighted by molar-refractivity contribution is 7.18. The monoisotopic (exact) mass is 382 g/mol. The highest BCUT2D eigenvalue weighted by atomic mass is 32.1. The van der Waals surface area contributed by atoms with Gasteiger partial charge in [-0.05, 0) is 56.5 Å². The molecule has 1 heterocycles. The third-order valence-electron chi connectivity index (χ3n) is 4.56. The lowest BCUT2D eigenvalue weighted by Crippen LogP contribution is -2.28. The third-order valence-corrected chi connectivity index (χ3v) is 5.65. The number of carbonyl (C=O) groups is 2. The van der Waals surface area contributed by atoms with E-state index >= 15 is 0 Å². The van der Waals surface area contributed by atoms with E-state index in [1.165, 1.54) is 4.70 Å². The molecule has 0 aliphatic rings. The summed E-state index contributed by atoms with van der Waals surface area (Å²) < 4.78 is 1.17. The van der Waals surface area contributed by atoms with Crippen LogP contribution >= 0.6 is 11.3 Å². The number of hydrogen-bond acceptors (Lipinski definition) is 4. The maximum absolute atomic E-state index is 12.1. The number of para-hydroxylation sites is 1. The fourth-order valence-corrected chi connectivity index (χ4v) is 3.75. The maximum atomic E-state index is 12.1. The Kier molecular flexibility index (Phi) is 5.56. The number of aliphatic carboxylic acids is 1. The highest BCUT2D eigenvalue weighted by Gasteiger charge is 2.29. The molecule has 2 aromatic carbocycles. The maximum Gasteiger partial charge on any atom is 0.313 e. The van der Waals surface area contributed by atoms with Crippen LogP contribution in [-0.4, -0.2) is 22.0 Å². The van der Waals surface area contributed by atoms with Crippen LogP contribution in [0.25, 0.3) is 10.2 Å². The summed E-state index contributed by atoms with van der Waals surface area (Å²) in [6.07, 6.45) is 1.92. The second-order valence-electron chi connectivity index (χ2n) is 6.98. The smallest absolute Gasteiger partial charge is 0.313 e. The van der Waals surface area contributed by atoms with Crippen molar-refractivity contribution >= 4 is 39.1 Å². The van der Waals surface area contributed by atoms with Crippen LogP contribution in [0.3, 0.4) is 0 Å². The number of fused-ring (bicyclic) bond motifs is 1. The highest BCUT2D eigenvalue weighted by Crippen LogP contribution is 2.25. The Labute approximate surface area is 162 Å². The van der Waals surface area contributed by atoms with E-state index in [-0.39, 0.29) is 5.91 Å². The Morgan fingerprint density at radius 1 is 1.11 bits per heavy atom. The van der Waals surface area contributed by atoms with Crippen LogP contribution in [0.1, 0.15) is 37.3 Å². The molecule has 0 atom stereocenters. The number of nitrogens with one attached hydrogen (secondary N) is 1. The zero-order valence-electron chi connectivity index (χ0n) is 15.4. The largest absolute Gasteiger partial charge is 0.481 e. The molecule has 2 N–H and O–H groups in total. The third kappa shape index (κ3) is 4.52. The number of carboxylic acids is 1. The normalized spacial score (nSPS) is 11.5. The Balaban J connectivity index is 1.51. The molecule has 0 unspecified atom stereocenters. The lowest BCUT2D eigenvalue weighted by molar-refractivity contribution is -0.142. The van der Waals surface area contributed by atoms with Crippen molar-refractivity contribution in [1.82, 2.24) is 4.98 Å². The van der Waals surface area contributed by atoms with E-state index in [4.69, 9.17) is 0 Å². The predicted molar refractivity (Wildman–Crippen MR) is 108 cm³/mol. The quantitative estimate of drug-likeness (QED) is 0.625. The van der Waals surface area contributed by atoms with Gasteiger partial charge in [0.25, 0.3) is 0 Å². The first-order valence-corrected chi connectivity index (χ1v) is 9.66. The van der Waals surface area contributed by atoms with E-state index in [1.54, 1.807) is 49.4 Å². The van der Waals surface area contributed by atoms with Crippen LogP contribution in [0.15, 0.2) is 48.5 Å². The fourth-order valence-electron chi connectivity index (χ4n) is 2.74. The number of aryl methyl sites for hydroxylation is 1. The Morgan fingerprint density at radius 3 is 2.48 bits per heavy atom. The van der Waals surface area contributed by atoms with Gasteiger partial charge in [-0.15, -0.1) is 11.3 Å². The van der Waals surface area contributed by atoms with E-state index in [0.717, 1.165) is 23.4 Å². The van der Waals surface area contributed by atoms with Crippen molar-refractivity contribution in [1.29, 1.82) is 0 Å². The van der Waals surface area contributed by atoms with Crippen LogP contribution in [0, 0.1) is 0 Å². The van der Waals surface area contributed by atoms with Crippen molar-refractivity contribution in [2.24, 2.45) is 0 Å². The van der Waals surface area contributed by atoms with Crippen molar-refractivity contribution < 1.29 is 14.7 Å². The van der Waals surface area contributed by atoms with Gasteiger partial charge in [0, 0.05) is 12.1 Å². The Hall–Kier alpha value is -2.73. The minimum Gasteiger partial charge on any atom is -0.481 e. The Bertz CT molecular complexity index is 928. The summed E-state index contributed by atoms with van der Waals surface area (Å²) in [5, 5.41) is 13.2. The molecule has 0 bridgehead atoms. The van der Waals surface area contributed by atoms with Crippen LogP contribution < -0.4 is 5.32 Å². The summed E-state index contributed by atoms with van der Waals surface area (Å²) in [5.41, 5.74) is 1.42. The van der Waals surface area contributed by atoms with Gasteiger partial charge in [-0.1, -0.05) is 24.3 Å². The first kappa shape index (κ1) is 19.0. The number of anilines is 1. The van der Waals surface area contributed by atoms with Gasteiger partial charge in [-0.2, -0.15) is 0 Å². The molecule has 0 fully saturated rings. The average Bonchev–Trinajstić information content (AvgIpc) is 3.04. The molecule has 0 saturated heterocycles. The van der Waals surface area contributed by atoms with Gasteiger partial charge in [-0.25, -0.2) is 4.98 Å². The zero-order chi connectivity index (χ0) is 19.4. The van der Waals surface area contributed by atoms with Crippen molar-refractivity contribution in [3.63, 3.8) is 0 Å². The number of aromatic nitrogens is 1. The van der Waals surface area contributed by atoms with Crippen LogP contribution in [0.4, 0.5) is 5.69 Å². The van der Waals surface area contributed by atoms with Gasteiger partial charge >= 0.3 is 5.97 Å². The van der Waals surface area contributed by atoms with E-state index in [0.29, 0.717) is 17.7 Å². The van der Waals surface area contributed by atoms with Crippen LogP contribution in [0.5, 0.6) is 0 Å². The molecule has 1 aromatic heterocycles. The molecule has 1 amide bonds. The lowest BCUT2D eigenvalue weighted by atomic mass is 9.85. The van der Waals surface area contributed by atoms with Crippen LogP contribution in [0.2, 0.25) is 0 Å². The number of thiazole rings is 1. The van der Waals surface area contributed by atoms with E-state index in [1.807, 2.05) is 18.2 Å². The number of rotatable bonds is 7. The molecule has 6 heteroatoms. The summed E-state index contributed by atoms with van der Waals surface area (Å²) in [5.74, 6) is -0.935. The number of amides is 1. The van der Waals surface area contributed by atoms with Gasteiger partial charge < -0.3 is 10.4 Å². The molecule has 0 aliphatic heterocycles. The number of carboxylic acid groups (broad SMARTS) is 1. The van der Waals surface area contributed by atoms with E-state index < -0.39 is 11.4 Å². The van der Waals surface area contributed by atoms with Crippen molar-refractivity contribution in [3.05, 3.63) is 59.1 Å². The van der Waals surface area contributed by atoms with E-state index in [9.17, 15) is 14.7 Å². The first-order valence-electron chi connectivity index (χ1n) is 8.84. The standard InChI is InChI=1S/C21H22N2O3S/c1-21(2,20(25)26)14-10-12-15(13-11-14)22-18(24)8-5-9-19-23-16-6-3-4-7-17(16)27-19/h3-4,6-7,10-13H,5,8-9H2,1-2H3,(H,22,24)(H,25,26). The van der Waals surface area contributed by atoms with Crippen molar-refractivity contribution in [2.75, 3.05) is 5.32 Å². The lowest BCUT2D eigenvalue weighted by Gasteiger charge is -2.19. The second-order valence-corrected chi connectivity index (χ2v) is 8.10. The van der Waals surface area contributed by atoms with Gasteiger partial charge in [0.2, 0.25) is 5.91 Å². The molecule has 0 radical (unpaired) electrons. The van der Waals surface area contributed by atoms with Gasteiger partial charge in [-0.3, -0.25) is 9.59 Å². The molecule has 5 nitrogen and oxygen atoms in total. The van der Waals surface area contributed by atoms with Crippen molar-refractivity contribution in [3.8, 4) is 0 Å². The molecule has 0 spiro atoms. The van der Waals surface area contributed by atoms with Crippen molar-refractivity contribution in [2.45, 2.75) is 38.5 Å². The van der Waals surface area contributed by atoms with E-state index in [2.05, 4.69) is 16.4 Å². The first-order chi connectivity index (χ1) is 12.9. The average molecular weight is 382 g/mol. The number of hydrogen-bond donors (Lipinski definition) is 2. The van der Waals surface area contributed by atoms with Gasteiger partial charge in [0.1, 0.15) is 0 Å². The molecule has 3 rings (SSSR count). The molecule has 140 valence electrons. The molecule has 0 saturated carbocycles. The minimum atomic E-state index is -0.959. The van der Waals surface area contributed by atoms with Gasteiger partial charge in [0.15, 0.2) is 0 Å². The van der Waals surface area contributed by atoms with Gasteiger partial charge in [0.05, 0.1) is 20.6 Å². The summed E-state index contributed by atoms with van der Waals surface area (Å²) in [7, 11) is 0. The number of nitrogens with zero attached hydrogens (tertiary/aromatic N) is 1. The SMILES string of the molecule is CC(C)(C(=O)O)c1ccc(NC(=O)CCCc2nc3ccccc3s2)cc1. The molecular formula is C21H22N2O3S. The molecule has 27 heavy (non-hydrogen) atoms. The summed E-state index contributed by atoms with van der Waals surface area (Å²) in [6.45, 7) is 3.32. The summed E-state index contributed by atoms with van der Waals surface area (Å²) in [6, 6.07) is 15.0. The molecular weight excluding hydrogens is 360 g/mol. The number of carbonyl (C=O) groups excluding carboxylic acids is 1. The predicted octanol–water partition coefficient (Wildman–Crippen LogP) is 4.62. The molecule has 0 aliphatic carbocycles. The summed E-state index contributed by atoms with van der Waals surface area (Å²) in [4.78, 5) is 28.0. The molecule has 3 aromatic rings. The topological polar surface area (TPSA) is 79.3 Å². The van der Waals surface area contributed by atoms with Crippen LogP contribution in [-0.2, 0) is 21.4 Å².